The molecule has 3 aromatic rings. The summed E-state index contributed by atoms with van der Waals surface area (Å²) in [5.74, 6) is -0.229. The summed E-state index contributed by atoms with van der Waals surface area (Å²) >= 11 is 5.81. The minimum atomic E-state index is -3.74. The maximum Gasteiger partial charge on any atom is 0.261 e. The minimum absolute atomic E-state index is 0.107. The molecule has 1 amide bonds. The van der Waals surface area contributed by atoms with Gasteiger partial charge in [-0.15, -0.1) is 0 Å². The van der Waals surface area contributed by atoms with Crippen molar-refractivity contribution in [2.24, 2.45) is 0 Å². The Balaban J connectivity index is 1.68. The quantitative estimate of drug-likeness (QED) is 0.547. The van der Waals surface area contributed by atoms with Crippen LogP contribution in [0.1, 0.15) is 40.0 Å². The van der Waals surface area contributed by atoms with E-state index >= 15 is 0 Å². The molecule has 0 heterocycles. The van der Waals surface area contributed by atoms with Crippen molar-refractivity contribution in [1.82, 2.24) is 5.32 Å². The van der Waals surface area contributed by atoms with Crippen molar-refractivity contribution in [3.8, 4) is 0 Å². The van der Waals surface area contributed by atoms with Crippen molar-refractivity contribution in [3.63, 3.8) is 0 Å². The number of sulfonamides is 1. The molecular formula is C23H23ClN2O3S. The standard InChI is InChI=1S/C23H23ClN2O3S/c1-15-4-5-19(14-16(15)2)17(3)25-23(27)18-6-10-21(11-7-18)26-30(28,29)22-12-8-20(24)9-13-22/h4-14,17,26H,1-3H3,(H,25,27)/t17-/m1/s1. The van der Waals surface area contributed by atoms with E-state index in [0.29, 0.717) is 16.3 Å². The highest BCUT2D eigenvalue weighted by Crippen LogP contribution is 2.20. The Labute approximate surface area is 182 Å². The lowest BCUT2D eigenvalue weighted by molar-refractivity contribution is 0.0940. The number of hydrogen-bond donors (Lipinski definition) is 2. The summed E-state index contributed by atoms with van der Waals surface area (Å²) in [5.41, 5.74) is 4.21. The molecular weight excluding hydrogens is 420 g/mol. The maximum absolute atomic E-state index is 12.6. The van der Waals surface area contributed by atoms with E-state index in [9.17, 15) is 13.2 Å². The van der Waals surface area contributed by atoms with Crippen molar-refractivity contribution >= 4 is 33.2 Å². The smallest absolute Gasteiger partial charge is 0.261 e. The summed E-state index contributed by atoms with van der Waals surface area (Å²) in [5, 5.41) is 3.43. The Morgan fingerprint density at radius 2 is 1.53 bits per heavy atom. The predicted molar refractivity (Wildman–Crippen MR) is 120 cm³/mol. The van der Waals surface area contributed by atoms with Crippen LogP contribution in [0, 0.1) is 13.8 Å². The van der Waals surface area contributed by atoms with Crippen LogP contribution < -0.4 is 10.0 Å². The lowest BCUT2D eigenvalue weighted by atomic mass is 10.0. The number of nitrogens with one attached hydrogen (secondary N) is 2. The van der Waals surface area contributed by atoms with Crippen LogP contribution >= 0.6 is 11.6 Å². The fourth-order valence-electron chi connectivity index (χ4n) is 2.91. The number of rotatable bonds is 6. The van der Waals surface area contributed by atoms with E-state index in [2.05, 4.69) is 16.1 Å². The van der Waals surface area contributed by atoms with E-state index in [1.54, 1.807) is 24.3 Å². The first-order valence-electron chi connectivity index (χ1n) is 9.42. The molecule has 5 nitrogen and oxygen atoms in total. The molecule has 156 valence electrons. The largest absolute Gasteiger partial charge is 0.346 e. The van der Waals surface area contributed by atoms with Gasteiger partial charge in [-0.2, -0.15) is 0 Å². The third-order valence-corrected chi connectivity index (χ3v) is 6.55. The lowest BCUT2D eigenvalue weighted by Crippen LogP contribution is -2.26. The van der Waals surface area contributed by atoms with Gasteiger partial charge in [0.15, 0.2) is 0 Å². The van der Waals surface area contributed by atoms with Gasteiger partial charge in [-0.25, -0.2) is 8.42 Å². The molecule has 0 radical (unpaired) electrons. The topological polar surface area (TPSA) is 75.3 Å². The first kappa shape index (κ1) is 21.9. The number of carbonyl (C=O) groups excluding carboxylic acids is 1. The van der Waals surface area contributed by atoms with Crippen LogP contribution in [0.5, 0.6) is 0 Å². The molecule has 0 saturated heterocycles. The molecule has 1 atom stereocenters. The van der Waals surface area contributed by atoms with Gasteiger partial charge >= 0.3 is 0 Å². The van der Waals surface area contributed by atoms with Crippen LogP contribution in [0.4, 0.5) is 5.69 Å². The van der Waals surface area contributed by atoms with Crippen molar-refractivity contribution in [1.29, 1.82) is 0 Å². The van der Waals surface area contributed by atoms with Gasteiger partial charge in [-0.1, -0.05) is 29.8 Å². The van der Waals surface area contributed by atoms with Gasteiger partial charge in [-0.3, -0.25) is 9.52 Å². The second-order valence-electron chi connectivity index (χ2n) is 7.18. The number of anilines is 1. The van der Waals surface area contributed by atoms with E-state index in [0.717, 1.165) is 5.56 Å². The van der Waals surface area contributed by atoms with Crippen LogP contribution in [0.25, 0.3) is 0 Å². The molecule has 0 spiro atoms. The fraction of sp³-hybridized carbons (Fsp3) is 0.174. The van der Waals surface area contributed by atoms with Crippen molar-refractivity contribution in [3.05, 3.63) is 94.0 Å². The maximum atomic E-state index is 12.6. The molecule has 3 aromatic carbocycles. The van der Waals surface area contributed by atoms with Crippen molar-refractivity contribution in [2.75, 3.05) is 4.72 Å². The van der Waals surface area contributed by atoms with Gasteiger partial charge in [0.05, 0.1) is 10.9 Å². The Kier molecular flexibility index (Phi) is 6.48. The highest BCUT2D eigenvalue weighted by atomic mass is 35.5. The van der Waals surface area contributed by atoms with E-state index < -0.39 is 10.0 Å². The highest BCUT2D eigenvalue weighted by molar-refractivity contribution is 7.92. The van der Waals surface area contributed by atoms with Gasteiger partial charge in [-0.05, 0) is 86.0 Å². The molecule has 0 saturated carbocycles. The Morgan fingerprint density at radius 3 is 2.13 bits per heavy atom. The lowest BCUT2D eigenvalue weighted by Gasteiger charge is -2.16. The number of benzene rings is 3. The fourth-order valence-corrected chi connectivity index (χ4v) is 4.10. The number of halogens is 1. The van der Waals surface area contributed by atoms with E-state index in [-0.39, 0.29) is 16.8 Å². The van der Waals surface area contributed by atoms with E-state index in [4.69, 9.17) is 11.6 Å². The van der Waals surface area contributed by atoms with Gasteiger partial charge < -0.3 is 5.32 Å². The Morgan fingerprint density at radius 1 is 0.900 bits per heavy atom. The summed E-state index contributed by atoms with van der Waals surface area (Å²) in [6, 6.07) is 18.1. The van der Waals surface area contributed by atoms with Gasteiger partial charge in [0.2, 0.25) is 0 Å². The molecule has 0 aliphatic carbocycles. The second kappa shape index (κ2) is 8.90. The highest BCUT2D eigenvalue weighted by Gasteiger charge is 2.15. The molecule has 7 heteroatoms. The zero-order valence-corrected chi connectivity index (χ0v) is 18.5. The Hall–Kier alpha value is -2.83. The van der Waals surface area contributed by atoms with E-state index in [1.807, 2.05) is 32.9 Å². The number of carbonyl (C=O) groups is 1. The van der Waals surface area contributed by atoms with Crippen molar-refractivity contribution in [2.45, 2.75) is 31.7 Å². The van der Waals surface area contributed by atoms with Crippen molar-refractivity contribution < 1.29 is 13.2 Å². The molecule has 30 heavy (non-hydrogen) atoms. The van der Waals surface area contributed by atoms with Crippen LogP contribution in [0.2, 0.25) is 5.02 Å². The monoisotopic (exact) mass is 442 g/mol. The summed E-state index contributed by atoms with van der Waals surface area (Å²) in [7, 11) is -3.74. The van der Waals surface area contributed by atoms with Gasteiger partial charge in [0.1, 0.15) is 0 Å². The normalized spacial score (nSPS) is 12.3. The molecule has 0 aromatic heterocycles. The van der Waals surface area contributed by atoms with E-state index in [1.165, 1.54) is 35.4 Å². The molecule has 0 aliphatic rings. The minimum Gasteiger partial charge on any atom is -0.346 e. The first-order chi connectivity index (χ1) is 14.2. The number of hydrogen-bond acceptors (Lipinski definition) is 3. The third kappa shape index (κ3) is 5.20. The molecule has 0 bridgehead atoms. The Bertz CT molecular complexity index is 1160. The van der Waals surface area contributed by atoms with Crippen LogP contribution in [0.3, 0.4) is 0 Å². The average Bonchev–Trinajstić information content (AvgIpc) is 2.70. The van der Waals surface area contributed by atoms with Crippen LogP contribution in [-0.4, -0.2) is 14.3 Å². The number of amides is 1. The van der Waals surface area contributed by atoms with Gasteiger partial charge in [0.25, 0.3) is 15.9 Å². The zero-order valence-electron chi connectivity index (χ0n) is 16.9. The molecule has 3 rings (SSSR count). The zero-order chi connectivity index (χ0) is 21.9. The SMILES string of the molecule is Cc1ccc([C@@H](C)NC(=O)c2ccc(NS(=O)(=O)c3ccc(Cl)cc3)cc2)cc1C. The van der Waals surface area contributed by atoms with Crippen LogP contribution in [0.15, 0.2) is 71.6 Å². The predicted octanol–water partition coefficient (Wildman–Crippen LogP) is 5.25. The first-order valence-corrected chi connectivity index (χ1v) is 11.3. The van der Waals surface area contributed by atoms with Gasteiger partial charge in [0, 0.05) is 16.3 Å². The number of aryl methyl sites for hydroxylation is 2. The second-order valence-corrected chi connectivity index (χ2v) is 9.29. The molecule has 0 fully saturated rings. The summed E-state index contributed by atoms with van der Waals surface area (Å²) in [6.07, 6.45) is 0. The summed E-state index contributed by atoms with van der Waals surface area (Å²) in [4.78, 5) is 12.7. The molecule has 0 aliphatic heterocycles. The molecule has 0 unspecified atom stereocenters. The average molecular weight is 443 g/mol. The van der Waals surface area contributed by atoms with Crippen LogP contribution in [-0.2, 0) is 10.0 Å². The molecule has 2 N–H and O–H groups in total. The third-order valence-electron chi connectivity index (χ3n) is 4.90. The summed E-state index contributed by atoms with van der Waals surface area (Å²) in [6.45, 7) is 6.01. The summed E-state index contributed by atoms with van der Waals surface area (Å²) < 4.78 is 27.4.